The van der Waals surface area contributed by atoms with E-state index in [9.17, 15) is 8.42 Å². The van der Waals surface area contributed by atoms with Gasteiger partial charge in [-0.25, -0.2) is 8.42 Å². The van der Waals surface area contributed by atoms with Crippen molar-refractivity contribution in [2.24, 2.45) is 0 Å². The lowest BCUT2D eigenvalue weighted by Crippen LogP contribution is -2.40. The molecule has 0 amide bonds. The van der Waals surface area contributed by atoms with Gasteiger partial charge >= 0.3 is 0 Å². The molecule has 0 bridgehead atoms. The normalized spacial score (nSPS) is 15.5. The Hall–Kier alpha value is -1.80. The van der Waals surface area contributed by atoms with E-state index in [4.69, 9.17) is 25.8 Å². The molecule has 0 radical (unpaired) electrons. The van der Waals surface area contributed by atoms with Crippen LogP contribution in [0.4, 0.5) is 0 Å². The number of sulfonamides is 1. The van der Waals surface area contributed by atoms with Crippen LogP contribution in [0.2, 0.25) is 5.02 Å². The molecule has 1 heterocycles. The molecule has 2 aromatic carbocycles. The smallest absolute Gasteiger partial charge is 0.243 e. The molecule has 1 saturated heterocycles. The first-order valence-corrected chi connectivity index (χ1v) is 10.5. The van der Waals surface area contributed by atoms with Crippen LogP contribution in [0.5, 0.6) is 11.5 Å². The van der Waals surface area contributed by atoms with Crippen molar-refractivity contribution >= 4 is 21.6 Å². The SMILES string of the molecule is Cc1cc(Cl)ccc1OCCOc1ccc(S(=O)(=O)N2CCOCC2)cc1. The second-order valence-electron chi connectivity index (χ2n) is 6.09. The molecule has 6 nitrogen and oxygen atoms in total. The monoisotopic (exact) mass is 411 g/mol. The molecule has 1 aliphatic heterocycles. The van der Waals surface area contributed by atoms with Gasteiger partial charge < -0.3 is 14.2 Å². The van der Waals surface area contributed by atoms with Gasteiger partial charge in [0.05, 0.1) is 18.1 Å². The molecule has 3 rings (SSSR count). The maximum absolute atomic E-state index is 12.6. The molecule has 0 saturated carbocycles. The summed E-state index contributed by atoms with van der Waals surface area (Å²) in [4.78, 5) is 0.254. The zero-order valence-electron chi connectivity index (χ0n) is 15.1. The summed E-state index contributed by atoms with van der Waals surface area (Å²) in [6.45, 7) is 4.24. The molecule has 0 aliphatic carbocycles. The summed E-state index contributed by atoms with van der Waals surface area (Å²) >= 11 is 5.92. The average Bonchev–Trinajstić information content (AvgIpc) is 2.68. The summed E-state index contributed by atoms with van der Waals surface area (Å²) in [6.07, 6.45) is 0. The molecule has 146 valence electrons. The van der Waals surface area contributed by atoms with Gasteiger partial charge in [-0.15, -0.1) is 0 Å². The second kappa shape index (κ2) is 8.93. The minimum Gasteiger partial charge on any atom is -0.490 e. The van der Waals surface area contributed by atoms with E-state index >= 15 is 0 Å². The molecule has 2 aromatic rings. The van der Waals surface area contributed by atoms with E-state index < -0.39 is 10.0 Å². The van der Waals surface area contributed by atoms with Gasteiger partial charge in [-0.2, -0.15) is 4.31 Å². The van der Waals surface area contributed by atoms with Gasteiger partial charge in [0, 0.05) is 18.1 Å². The highest BCUT2D eigenvalue weighted by Crippen LogP contribution is 2.22. The summed E-state index contributed by atoms with van der Waals surface area (Å²) in [5.74, 6) is 1.35. The molecule has 8 heteroatoms. The second-order valence-corrected chi connectivity index (χ2v) is 8.47. The minimum atomic E-state index is -3.49. The predicted molar refractivity (Wildman–Crippen MR) is 103 cm³/mol. The Labute approximate surface area is 164 Å². The number of aryl methyl sites for hydroxylation is 1. The fourth-order valence-corrected chi connectivity index (χ4v) is 4.36. The Morgan fingerprint density at radius 2 is 1.70 bits per heavy atom. The predicted octanol–water partition coefficient (Wildman–Crippen LogP) is 3.13. The van der Waals surface area contributed by atoms with Gasteiger partial charge in [-0.3, -0.25) is 0 Å². The van der Waals surface area contributed by atoms with E-state index in [2.05, 4.69) is 0 Å². The Morgan fingerprint density at radius 1 is 1.04 bits per heavy atom. The van der Waals surface area contributed by atoms with Crippen LogP contribution in [0.15, 0.2) is 47.4 Å². The first-order chi connectivity index (χ1) is 13.0. The van der Waals surface area contributed by atoms with E-state index in [1.54, 1.807) is 30.3 Å². The summed E-state index contributed by atoms with van der Waals surface area (Å²) in [6, 6.07) is 11.9. The molecular weight excluding hydrogens is 390 g/mol. The van der Waals surface area contributed by atoms with Crippen LogP contribution in [0.25, 0.3) is 0 Å². The van der Waals surface area contributed by atoms with E-state index in [-0.39, 0.29) is 4.90 Å². The Bertz CT molecular complexity index is 864. The topological polar surface area (TPSA) is 65.1 Å². The van der Waals surface area contributed by atoms with Gasteiger partial charge in [0.2, 0.25) is 10.0 Å². The number of hydrogen-bond donors (Lipinski definition) is 0. The van der Waals surface area contributed by atoms with E-state index in [0.717, 1.165) is 11.3 Å². The number of nitrogens with zero attached hydrogens (tertiary/aromatic N) is 1. The van der Waals surface area contributed by atoms with Crippen molar-refractivity contribution in [3.63, 3.8) is 0 Å². The molecule has 27 heavy (non-hydrogen) atoms. The van der Waals surface area contributed by atoms with Gasteiger partial charge in [-0.05, 0) is 55.0 Å². The number of rotatable bonds is 7. The molecular formula is C19H22ClNO5S. The zero-order valence-corrected chi connectivity index (χ0v) is 16.6. The number of hydrogen-bond acceptors (Lipinski definition) is 5. The van der Waals surface area contributed by atoms with Crippen LogP contribution in [0.1, 0.15) is 5.56 Å². The van der Waals surface area contributed by atoms with Crippen molar-refractivity contribution in [3.05, 3.63) is 53.1 Å². The quantitative estimate of drug-likeness (QED) is 0.655. The highest BCUT2D eigenvalue weighted by Gasteiger charge is 2.26. The van der Waals surface area contributed by atoms with Crippen LogP contribution in [0, 0.1) is 6.92 Å². The number of halogens is 1. The number of benzene rings is 2. The number of morpholine rings is 1. The molecule has 1 fully saturated rings. The van der Waals surface area contributed by atoms with Crippen molar-refractivity contribution < 1.29 is 22.6 Å². The highest BCUT2D eigenvalue weighted by molar-refractivity contribution is 7.89. The molecule has 0 aromatic heterocycles. The zero-order chi connectivity index (χ0) is 19.3. The third-order valence-electron chi connectivity index (χ3n) is 4.18. The van der Waals surface area contributed by atoms with Crippen molar-refractivity contribution in [1.29, 1.82) is 0 Å². The summed E-state index contributed by atoms with van der Waals surface area (Å²) in [7, 11) is -3.49. The minimum absolute atomic E-state index is 0.254. The fraction of sp³-hybridized carbons (Fsp3) is 0.368. The van der Waals surface area contributed by atoms with Crippen molar-refractivity contribution in [2.45, 2.75) is 11.8 Å². The lowest BCUT2D eigenvalue weighted by atomic mass is 10.2. The van der Waals surface area contributed by atoms with Crippen LogP contribution in [-0.4, -0.2) is 52.2 Å². The van der Waals surface area contributed by atoms with Gasteiger partial charge in [0.25, 0.3) is 0 Å². The fourth-order valence-electron chi connectivity index (χ4n) is 2.73. The van der Waals surface area contributed by atoms with Crippen LogP contribution in [0.3, 0.4) is 0 Å². The van der Waals surface area contributed by atoms with Crippen LogP contribution >= 0.6 is 11.6 Å². The third-order valence-corrected chi connectivity index (χ3v) is 6.33. The average molecular weight is 412 g/mol. The first-order valence-electron chi connectivity index (χ1n) is 8.66. The lowest BCUT2D eigenvalue weighted by Gasteiger charge is -2.26. The third kappa shape index (κ3) is 5.13. The van der Waals surface area contributed by atoms with E-state index in [1.807, 2.05) is 19.1 Å². The largest absolute Gasteiger partial charge is 0.490 e. The maximum atomic E-state index is 12.6. The van der Waals surface area contributed by atoms with E-state index in [1.165, 1.54) is 4.31 Å². The van der Waals surface area contributed by atoms with Crippen molar-refractivity contribution in [1.82, 2.24) is 4.31 Å². The van der Waals surface area contributed by atoms with E-state index in [0.29, 0.717) is 50.3 Å². The summed E-state index contributed by atoms with van der Waals surface area (Å²) in [5, 5.41) is 0.670. The summed E-state index contributed by atoms with van der Waals surface area (Å²) in [5.41, 5.74) is 0.958. The molecule has 0 unspecified atom stereocenters. The van der Waals surface area contributed by atoms with Crippen molar-refractivity contribution in [2.75, 3.05) is 39.5 Å². The first kappa shape index (κ1) is 19.9. The van der Waals surface area contributed by atoms with Gasteiger partial charge in [0.15, 0.2) is 0 Å². The molecule has 0 N–H and O–H groups in total. The summed E-state index contributed by atoms with van der Waals surface area (Å²) < 4.78 is 43.1. The standard InChI is InChI=1S/C19H22ClNO5S/c1-15-14-16(20)2-7-19(15)26-13-12-25-17-3-5-18(6-4-17)27(22,23)21-8-10-24-11-9-21/h2-7,14H,8-13H2,1H3. The Kier molecular flexibility index (Phi) is 6.59. The van der Waals surface area contributed by atoms with Crippen LogP contribution in [-0.2, 0) is 14.8 Å². The highest BCUT2D eigenvalue weighted by atomic mass is 35.5. The molecule has 0 atom stereocenters. The Morgan fingerprint density at radius 3 is 2.37 bits per heavy atom. The molecule has 0 spiro atoms. The van der Waals surface area contributed by atoms with Gasteiger partial charge in [-0.1, -0.05) is 11.6 Å². The van der Waals surface area contributed by atoms with Gasteiger partial charge in [0.1, 0.15) is 24.7 Å². The lowest BCUT2D eigenvalue weighted by molar-refractivity contribution is 0.0730. The maximum Gasteiger partial charge on any atom is 0.243 e. The molecule has 1 aliphatic rings. The number of ether oxygens (including phenoxy) is 3. The van der Waals surface area contributed by atoms with Crippen molar-refractivity contribution in [3.8, 4) is 11.5 Å². The van der Waals surface area contributed by atoms with Crippen LogP contribution < -0.4 is 9.47 Å². The Balaban J connectivity index is 1.51.